The Morgan fingerprint density at radius 1 is 1.17 bits per heavy atom. The highest BCUT2D eigenvalue weighted by molar-refractivity contribution is 6.08. The molecule has 1 atom stereocenters. The molecule has 1 heterocycles. The highest BCUT2D eigenvalue weighted by Gasteiger charge is 2.37. The lowest BCUT2D eigenvalue weighted by Gasteiger charge is -2.23. The van der Waals surface area contributed by atoms with E-state index in [1.807, 2.05) is 30.3 Å². The van der Waals surface area contributed by atoms with Crippen LogP contribution in [0.3, 0.4) is 0 Å². The fourth-order valence-electron chi connectivity index (χ4n) is 4.00. The van der Waals surface area contributed by atoms with E-state index in [9.17, 15) is 9.59 Å². The molecule has 5 nitrogen and oxygen atoms in total. The number of rotatable bonds is 7. The topological polar surface area (TPSA) is 58.6 Å². The Morgan fingerprint density at radius 3 is 2.53 bits per heavy atom. The van der Waals surface area contributed by atoms with Crippen LogP contribution in [0.25, 0.3) is 11.1 Å². The maximum absolute atomic E-state index is 12.7. The zero-order valence-corrected chi connectivity index (χ0v) is 18.4. The summed E-state index contributed by atoms with van der Waals surface area (Å²) in [6, 6.07) is 16.9. The number of esters is 1. The van der Waals surface area contributed by atoms with Crippen LogP contribution in [0.5, 0.6) is 0 Å². The quantitative estimate of drug-likeness (QED) is 0.541. The second-order valence-corrected chi connectivity index (χ2v) is 8.59. The Bertz CT molecular complexity index is 893. The monoisotopic (exact) mass is 408 g/mol. The van der Waals surface area contributed by atoms with Gasteiger partial charge in [0, 0.05) is 18.3 Å². The van der Waals surface area contributed by atoms with Crippen LogP contribution in [0.2, 0.25) is 0 Å². The van der Waals surface area contributed by atoms with Gasteiger partial charge in [0.15, 0.2) is 0 Å². The molecule has 1 aliphatic rings. The minimum Gasteiger partial charge on any atom is -0.468 e. The summed E-state index contributed by atoms with van der Waals surface area (Å²) in [6.07, 6.45) is 3.41. The molecule has 0 bridgehead atoms. The lowest BCUT2D eigenvalue weighted by molar-refractivity contribution is -0.154. The molecule has 5 heteroatoms. The van der Waals surface area contributed by atoms with Gasteiger partial charge in [0.05, 0.1) is 7.11 Å². The number of anilines is 1. The number of nitrogens with zero attached hydrogens (tertiary/aromatic N) is 1. The molecule has 1 amide bonds. The summed E-state index contributed by atoms with van der Waals surface area (Å²) >= 11 is 0. The average molecular weight is 409 g/mol. The van der Waals surface area contributed by atoms with Crippen molar-refractivity contribution in [2.24, 2.45) is 5.41 Å². The van der Waals surface area contributed by atoms with Crippen LogP contribution in [0.15, 0.2) is 48.5 Å². The van der Waals surface area contributed by atoms with Crippen molar-refractivity contribution in [2.45, 2.75) is 46.1 Å². The van der Waals surface area contributed by atoms with E-state index in [2.05, 4.69) is 35.3 Å². The van der Waals surface area contributed by atoms with Crippen LogP contribution in [-0.2, 0) is 20.7 Å². The molecule has 2 aromatic carbocycles. The van der Waals surface area contributed by atoms with E-state index < -0.39 is 11.4 Å². The number of hydrogen-bond acceptors (Lipinski definition) is 4. The summed E-state index contributed by atoms with van der Waals surface area (Å²) in [5.41, 5.74) is 2.97. The van der Waals surface area contributed by atoms with E-state index in [0.29, 0.717) is 11.7 Å². The second-order valence-electron chi connectivity index (χ2n) is 8.59. The number of hydrogen-bond donors (Lipinski definition) is 1. The normalized spacial score (nSPS) is 17.0. The summed E-state index contributed by atoms with van der Waals surface area (Å²) in [7, 11) is 1.30. The molecule has 0 radical (unpaired) electrons. The van der Waals surface area contributed by atoms with Gasteiger partial charge in [0.2, 0.25) is 5.91 Å². The lowest BCUT2D eigenvalue weighted by Crippen LogP contribution is -2.38. The standard InChI is InChI=1S/C25H32N2O3/c1-18-9-8-15-27(18)16-14-20-17-21(26-23(28)25(2,3)24(29)30-4)12-13-22(20)19-10-6-5-7-11-19/h5-7,10-13,17-18H,8-9,14-16H2,1-4H3,(H,26,28)/t18-/m1/s1. The molecular formula is C25H32N2O3. The van der Waals surface area contributed by atoms with Gasteiger partial charge in [-0.3, -0.25) is 9.59 Å². The number of benzene rings is 2. The summed E-state index contributed by atoms with van der Waals surface area (Å²) < 4.78 is 4.77. The fraction of sp³-hybridized carbons (Fsp3) is 0.440. The van der Waals surface area contributed by atoms with Crippen molar-refractivity contribution in [3.8, 4) is 11.1 Å². The van der Waals surface area contributed by atoms with Gasteiger partial charge in [-0.15, -0.1) is 0 Å². The van der Waals surface area contributed by atoms with E-state index in [1.165, 1.54) is 31.1 Å². The van der Waals surface area contributed by atoms with E-state index in [0.717, 1.165) is 25.1 Å². The highest BCUT2D eigenvalue weighted by atomic mass is 16.5. The van der Waals surface area contributed by atoms with Gasteiger partial charge in [-0.2, -0.15) is 0 Å². The average Bonchev–Trinajstić information content (AvgIpc) is 3.17. The van der Waals surface area contributed by atoms with Crippen molar-refractivity contribution in [3.63, 3.8) is 0 Å². The Morgan fingerprint density at radius 2 is 1.90 bits per heavy atom. The molecule has 1 N–H and O–H groups in total. The third kappa shape index (κ3) is 4.90. The Kier molecular flexibility index (Phi) is 6.93. The summed E-state index contributed by atoms with van der Waals surface area (Å²) in [5.74, 6) is -0.926. The number of carbonyl (C=O) groups excluding carboxylic acids is 2. The molecule has 1 saturated heterocycles. The molecule has 1 fully saturated rings. The summed E-state index contributed by atoms with van der Waals surface area (Å²) in [5, 5.41) is 2.90. The van der Waals surface area contributed by atoms with Gasteiger partial charge in [0.1, 0.15) is 5.41 Å². The fourth-order valence-corrected chi connectivity index (χ4v) is 4.00. The summed E-state index contributed by atoms with van der Waals surface area (Å²) in [4.78, 5) is 27.2. The minimum absolute atomic E-state index is 0.374. The molecule has 0 aliphatic carbocycles. The van der Waals surface area contributed by atoms with Crippen molar-refractivity contribution in [1.29, 1.82) is 0 Å². The second kappa shape index (κ2) is 9.43. The SMILES string of the molecule is COC(=O)C(C)(C)C(=O)Nc1ccc(-c2ccccc2)c(CCN2CCC[C@H]2C)c1. The Balaban J connectivity index is 1.85. The molecule has 3 rings (SSSR count). The maximum atomic E-state index is 12.7. The molecule has 0 aromatic heterocycles. The molecule has 0 unspecified atom stereocenters. The number of carbonyl (C=O) groups is 2. The van der Waals surface area contributed by atoms with E-state index in [-0.39, 0.29) is 5.91 Å². The smallest absolute Gasteiger partial charge is 0.320 e. The van der Waals surface area contributed by atoms with Crippen molar-refractivity contribution < 1.29 is 14.3 Å². The van der Waals surface area contributed by atoms with E-state index in [1.54, 1.807) is 13.8 Å². The molecule has 1 aliphatic heterocycles. The van der Waals surface area contributed by atoms with Crippen LogP contribution in [-0.4, -0.2) is 43.0 Å². The zero-order chi connectivity index (χ0) is 21.7. The van der Waals surface area contributed by atoms with Crippen LogP contribution in [0, 0.1) is 5.41 Å². The lowest BCUT2D eigenvalue weighted by atomic mass is 9.92. The van der Waals surface area contributed by atoms with E-state index >= 15 is 0 Å². The summed E-state index contributed by atoms with van der Waals surface area (Å²) in [6.45, 7) is 7.57. The first-order valence-electron chi connectivity index (χ1n) is 10.6. The Labute approximate surface area is 179 Å². The third-order valence-electron chi connectivity index (χ3n) is 6.07. The highest BCUT2D eigenvalue weighted by Crippen LogP contribution is 2.29. The molecule has 0 saturated carbocycles. The van der Waals surface area contributed by atoms with Crippen LogP contribution >= 0.6 is 0 Å². The molecule has 0 spiro atoms. The molecular weight excluding hydrogens is 376 g/mol. The van der Waals surface area contributed by atoms with Crippen LogP contribution in [0.1, 0.15) is 39.2 Å². The predicted octanol–water partition coefficient (Wildman–Crippen LogP) is 4.52. The number of amides is 1. The van der Waals surface area contributed by atoms with Crippen molar-refractivity contribution in [1.82, 2.24) is 4.90 Å². The van der Waals surface area contributed by atoms with Gasteiger partial charge in [-0.1, -0.05) is 36.4 Å². The zero-order valence-electron chi connectivity index (χ0n) is 18.4. The molecule has 30 heavy (non-hydrogen) atoms. The first-order chi connectivity index (χ1) is 14.3. The molecule has 2 aromatic rings. The van der Waals surface area contributed by atoms with Crippen molar-refractivity contribution in [3.05, 3.63) is 54.1 Å². The predicted molar refractivity (Wildman–Crippen MR) is 120 cm³/mol. The van der Waals surface area contributed by atoms with Gasteiger partial charge in [-0.05, 0) is 75.4 Å². The Hall–Kier alpha value is -2.66. The van der Waals surface area contributed by atoms with Crippen molar-refractivity contribution >= 4 is 17.6 Å². The number of nitrogens with one attached hydrogen (secondary N) is 1. The molecule has 160 valence electrons. The maximum Gasteiger partial charge on any atom is 0.320 e. The number of likely N-dealkylation sites (tertiary alicyclic amines) is 1. The van der Waals surface area contributed by atoms with Crippen molar-refractivity contribution in [2.75, 3.05) is 25.5 Å². The van der Waals surface area contributed by atoms with Crippen LogP contribution in [0.4, 0.5) is 5.69 Å². The largest absolute Gasteiger partial charge is 0.468 e. The van der Waals surface area contributed by atoms with Gasteiger partial charge < -0.3 is 15.0 Å². The first-order valence-corrected chi connectivity index (χ1v) is 10.6. The van der Waals surface area contributed by atoms with Gasteiger partial charge in [-0.25, -0.2) is 0 Å². The van der Waals surface area contributed by atoms with E-state index in [4.69, 9.17) is 4.74 Å². The number of methoxy groups -OCH3 is 1. The van der Waals surface area contributed by atoms with Crippen LogP contribution < -0.4 is 5.32 Å². The minimum atomic E-state index is -1.25. The van der Waals surface area contributed by atoms with Gasteiger partial charge in [0.25, 0.3) is 0 Å². The first kappa shape index (κ1) is 22.0. The third-order valence-corrected chi connectivity index (χ3v) is 6.07. The van der Waals surface area contributed by atoms with Gasteiger partial charge >= 0.3 is 5.97 Å². The number of ether oxygens (including phenoxy) is 1.